The van der Waals surface area contributed by atoms with E-state index in [1.165, 1.54) is 0 Å². The maximum absolute atomic E-state index is 13.5. The van der Waals surface area contributed by atoms with Crippen LogP contribution in [0.4, 0.5) is 0 Å². The van der Waals surface area contributed by atoms with Crippen LogP contribution in [0.1, 0.15) is 66.7 Å². The van der Waals surface area contributed by atoms with Crippen molar-refractivity contribution in [1.29, 1.82) is 0 Å². The Morgan fingerprint density at radius 2 is 0.771 bits per heavy atom. The van der Waals surface area contributed by atoms with Crippen LogP contribution in [0.15, 0.2) is 22.3 Å². The molecule has 1 aliphatic rings. The summed E-state index contributed by atoms with van der Waals surface area (Å²) in [6.45, 7) is 9.71. The fourth-order valence-corrected chi connectivity index (χ4v) is 7.00. The lowest BCUT2D eigenvalue weighted by molar-refractivity contribution is -0.116. The van der Waals surface area contributed by atoms with E-state index >= 15 is 0 Å². The number of rotatable bonds is 15. The third-order valence-corrected chi connectivity index (χ3v) is 10.1. The maximum Gasteiger partial charge on any atom is 0.220 e. The Morgan fingerprint density at radius 1 is 0.486 bits per heavy atom. The molecular weight excluding hydrogens is 541 g/mol. The van der Waals surface area contributed by atoms with Crippen LogP contribution >= 0.6 is 58.8 Å². The Balaban J connectivity index is 3.88. The molecule has 0 saturated carbocycles. The van der Waals surface area contributed by atoms with Crippen molar-refractivity contribution in [3.8, 4) is 0 Å². The van der Waals surface area contributed by atoms with Crippen LogP contribution in [0, 0.1) is 5.92 Å². The fourth-order valence-electron chi connectivity index (χ4n) is 3.17. The van der Waals surface area contributed by atoms with Gasteiger partial charge in [0.25, 0.3) is 0 Å². The van der Waals surface area contributed by atoms with E-state index in [-0.39, 0.29) is 27.4 Å². The third kappa shape index (κ3) is 9.43. The molecule has 0 aromatic rings. The lowest BCUT2D eigenvalue weighted by Crippen LogP contribution is -2.23. The average molecular weight is 577 g/mol. The molecule has 0 fully saturated rings. The van der Waals surface area contributed by atoms with Gasteiger partial charge in [0, 0.05) is 51.1 Å². The van der Waals surface area contributed by atoms with Crippen molar-refractivity contribution < 1.29 is 24.0 Å². The first kappa shape index (κ1) is 32.6. The van der Waals surface area contributed by atoms with Gasteiger partial charge in [-0.1, -0.05) is 93.4 Å². The Morgan fingerprint density at radius 3 is 1.09 bits per heavy atom. The van der Waals surface area contributed by atoms with Crippen molar-refractivity contribution in [2.75, 3.05) is 28.8 Å². The van der Waals surface area contributed by atoms with Crippen LogP contribution in [0.25, 0.3) is 0 Å². The fraction of sp³-hybridized carbons (Fsp3) is 0.640. The summed E-state index contributed by atoms with van der Waals surface area (Å²) in [5.41, 5.74) is 0.0428. The highest BCUT2D eigenvalue weighted by Crippen LogP contribution is 2.47. The lowest BCUT2D eigenvalue weighted by atomic mass is 9.97. The zero-order valence-electron chi connectivity index (χ0n) is 21.2. The topological polar surface area (TPSA) is 85.3 Å². The van der Waals surface area contributed by atoms with Crippen molar-refractivity contribution >= 4 is 84.4 Å². The number of hydrogen-bond acceptors (Lipinski definition) is 10. The maximum atomic E-state index is 13.5. The van der Waals surface area contributed by atoms with Gasteiger partial charge < -0.3 is 0 Å². The smallest absolute Gasteiger partial charge is 0.220 e. The zero-order chi connectivity index (χ0) is 26.4. The van der Waals surface area contributed by atoms with Gasteiger partial charge in [-0.15, -0.1) is 0 Å². The molecule has 35 heavy (non-hydrogen) atoms. The Kier molecular flexibility index (Phi) is 16.7. The highest BCUT2D eigenvalue weighted by Gasteiger charge is 2.48. The molecule has 0 atom stereocenters. The number of carbonyl (C=O) groups is 5. The summed E-state index contributed by atoms with van der Waals surface area (Å²) in [4.78, 5) is 67.3. The molecule has 0 heterocycles. The highest BCUT2D eigenvalue weighted by molar-refractivity contribution is 8.16. The van der Waals surface area contributed by atoms with Crippen LogP contribution in [-0.4, -0.2) is 54.3 Å². The molecule has 5 nitrogen and oxygen atoms in total. The second-order valence-electron chi connectivity index (χ2n) is 7.72. The van der Waals surface area contributed by atoms with Gasteiger partial charge in [0.2, 0.25) is 25.6 Å². The van der Waals surface area contributed by atoms with Gasteiger partial charge in [0.1, 0.15) is 0 Å². The average Bonchev–Trinajstić information content (AvgIpc) is 3.22. The largest absolute Gasteiger partial charge is 0.286 e. The Hall–Kier alpha value is -0.420. The second-order valence-corrected chi connectivity index (χ2v) is 13.1. The van der Waals surface area contributed by atoms with E-state index < -0.39 is 26.4 Å². The van der Waals surface area contributed by atoms with Crippen molar-refractivity contribution in [2.45, 2.75) is 66.7 Å². The first-order valence-corrected chi connectivity index (χ1v) is 17.1. The van der Waals surface area contributed by atoms with Gasteiger partial charge in [0.15, 0.2) is 0 Å². The van der Waals surface area contributed by atoms with Crippen molar-refractivity contribution in [3.63, 3.8) is 0 Å². The van der Waals surface area contributed by atoms with E-state index in [9.17, 15) is 24.0 Å². The Bertz CT molecular complexity index is 802. The molecule has 0 spiro atoms. The molecular formula is C25H36O5S5. The standard InChI is InChI=1S/C25H36O5S5/c1-6-11-31-21(26)16-17(22(27)32-12-7-2)19(24(29)34-14-9-4)20(25(30)35-15-10-5)18(16)23(28)33-13-8-3/h16H,6-15H2,1-5H3. The van der Waals surface area contributed by atoms with Crippen LogP contribution < -0.4 is 0 Å². The van der Waals surface area contributed by atoms with Crippen molar-refractivity contribution in [2.24, 2.45) is 5.92 Å². The van der Waals surface area contributed by atoms with Crippen LogP contribution in [0.3, 0.4) is 0 Å². The minimum absolute atomic E-state index is 0.0125. The molecule has 0 aromatic heterocycles. The van der Waals surface area contributed by atoms with E-state index in [1.54, 1.807) is 0 Å². The summed E-state index contributed by atoms with van der Waals surface area (Å²) in [5, 5.41) is -1.95. The summed E-state index contributed by atoms with van der Waals surface area (Å²) in [7, 11) is 0. The van der Waals surface area contributed by atoms with Gasteiger partial charge in [-0.25, -0.2) is 0 Å². The highest BCUT2D eigenvalue weighted by atomic mass is 32.2. The van der Waals surface area contributed by atoms with E-state index in [4.69, 9.17) is 0 Å². The summed E-state index contributed by atoms with van der Waals surface area (Å²) < 4.78 is 0. The van der Waals surface area contributed by atoms with Gasteiger partial charge >= 0.3 is 0 Å². The number of carbonyl (C=O) groups excluding carboxylic acids is 5. The number of thioether (sulfide) groups is 5. The molecule has 0 N–H and O–H groups in total. The summed E-state index contributed by atoms with van der Waals surface area (Å²) in [6.07, 6.45) is 3.70. The molecule has 0 amide bonds. The molecule has 196 valence electrons. The van der Waals surface area contributed by atoms with Gasteiger partial charge in [0.05, 0.1) is 5.92 Å². The van der Waals surface area contributed by atoms with E-state index in [1.807, 2.05) is 34.6 Å². The predicted molar refractivity (Wildman–Crippen MR) is 156 cm³/mol. The van der Waals surface area contributed by atoms with Crippen LogP contribution in [0.2, 0.25) is 0 Å². The lowest BCUT2D eigenvalue weighted by Gasteiger charge is -2.16. The number of hydrogen-bond donors (Lipinski definition) is 0. The predicted octanol–water partition coefficient (Wildman–Crippen LogP) is 6.56. The molecule has 0 bridgehead atoms. The normalized spacial score (nSPS) is 14.1. The molecule has 0 unspecified atom stereocenters. The van der Waals surface area contributed by atoms with Gasteiger partial charge in [-0.05, 0) is 32.1 Å². The molecule has 10 heteroatoms. The molecule has 1 aliphatic carbocycles. The van der Waals surface area contributed by atoms with E-state index in [0.717, 1.165) is 90.9 Å². The molecule has 0 saturated heterocycles. The summed E-state index contributed by atoms with van der Waals surface area (Å²) in [5.74, 6) is 1.44. The van der Waals surface area contributed by atoms with Crippen molar-refractivity contribution in [1.82, 2.24) is 0 Å². The SMILES string of the molecule is CCCSC(=O)C1=C(C(=O)SCCC)C(C(=O)SCCC)C(C(=O)SCCC)=C1C(=O)SCCC. The molecule has 0 radical (unpaired) electrons. The Labute approximate surface area is 231 Å². The minimum Gasteiger partial charge on any atom is -0.286 e. The molecule has 0 aromatic carbocycles. The zero-order valence-corrected chi connectivity index (χ0v) is 25.3. The van der Waals surface area contributed by atoms with Gasteiger partial charge in [-0.2, -0.15) is 0 Å². The molecule has 0 aliphatic heterocycles. The summed E-state index contributed by atoms with van der Waals surface area (Å²) >= 11 is 5.22. The first-order chi connectivity index (χ1) is 16.8. The monoisotopic (exact) mass is 576 g/mol. The van der Waals surface area contributed by atoms with Crippen molar-refractivity contribution in [3.05, 3.63) is 22.3 Å². The summed E-state index contributed by atoms with van der Waals surface area (Å²) in [6, 6.07) is 0. The third-order valence-electron chi connectivity index (χ3n) is 4.65. The van der Waals surface area contributed by atoms with E-state index in [0.29, 0.717) is 28.8 Å². The second kappa shape index (κ2) is 17.9. The van der Waals surface area contributed by atoms with Crippen LogP contribution in [0.5, 0.6) is 0 Å². The quantitative estimate of drug-likeness (QED) is 0.214. The van der Waals surface area contributed by atoms with Crippen LogP contribution in [-0.2, 0) is 24.0 Å². The molecule has 1 rings (SSSR count). The van der Waals surface area contributed by atoms with Gasteiger partial charge in [-0.3, -0.25) is 24.0 Å². The first-order valence-electron chi connectivity index (χ1n) is 12.1. The minimum atomic E-state index is -1.18. The van der Waals surface area contributed by atoms with E-state index in [2.05, 4.69) is 0 Å².